The number of aromatic nitrogens is 1. The number of hydrogen-bond acceptors (Lipinski definition) is 7. The number of amides is 2. The summed E-state index contributed by atoms with van der Waals surface area (Å²) in [7, 11) is 1.67. The summed E-state index contributed by atoms with van der Waals surface area (Å²) in [4.78, 5) is 45.1. The van der Waals surface area contributed by atoms with Gasteiger partial charge in [-0.3, -0.25) is 9.59 Å². The summed E-state index contributed by atoms with van der Waals surface area (Å²) in [6.07, 6.45) is 2.37. The number of hydrogen-bond donors (Lipinski definition) is 0. The van der Waals surface area contributed by atoms with Gasteiger partial charge in [0.05, 0.1) is 12.3 Å². The van der Waals surface area contributed by atoms with E-state index < -0.39 is 18.6 Å². The lowest BCUT2D eigenvalue weighted by Gasteiger charge is -2.21. The van der Waals surface area contributed by atoms with Crippen LogP contribution in [0.25, 0.3) is 0 Å². The zero-order chi connectivity index (χ0) is 28.1. The number of carbonyl (C=O) groups is 3. The van der Waals surface area contributed by atoms with Gasteiger partial charge in [0.25, 0.3) is 5.91 Å². The molecule has 2 aliphatic rings. The van der Waals surface area contributed by atoms with E-state index in [0.717, 1.165) is 18.4 Å². The molecule has 2 heterocycles. The number of carbonyl (C=O) groups excluding carboxylic acids is 3. The van der Waals surface area contributed by atoms with E-state index in [1.807, 2.05) is 6.92 Å². The Morgan fingerprint density at radius 2 is 1.92 bits per heavy atom. The third-order valence-corrected chi connectivity index (χ3v) is 7.01. The second-order valence-electron chi connectivity index (χ2n) is 9.90. The monoisotopic (exact) mass is 545 g/mol. The minimum Gasteiger partial charge on any atom is -0.489 e. The SMILES string of the molecule is CCN(C)C(=O)c1cccc(COC(=O)[C@@H]2CC(c3ccc(OC(F)F)c(OCC4CC4)c3)CN2C(C)=O)n1. The Bertz CT molecular complexity index is 1210. The van der Waals surface area contributed by atoms with Crippen LogP contribution in [0, 0.1) is 5.92 Å². The highest BCUT2D eigenvalue weighted by atomic mass is 19.3. The molecular formula is C28H33F2N3O6. The van der Waals surface area contributed by atoms with Crippen molar-refractivity contribution in [3.8, 4) is 11.5 Å². The molecule has 2 aromatic rings. The van der Waals surface area contributed by atoms with Crippen molar-refractivity contribution in [3.05, 3.63) is 53.3 Å². The number of halogens is 2. The summed E-state index contributed by atoms with van der Waals surface area (Å²) in [5, 5.41) is 0. The molecule has 210 valence electrons. The first-order chi connectivity index (χ1) is 18.7. The maximum Gasteiger partial charge on any atom is 0.387 e. The highest BCUT2D eigenvalue weighted by molar-refractivity contribution is 5.92. The first kappa shape index (κ1) is 28.3. The Balaban J connectivity index is 1.45. The standard InChI is InChI=1S/C28H33F2N3O6/c1-4-32(3)26(35)22-7-5-6-21(31-22)16-38-27(36)23-12-20(14-33(23)17(2)34)19-10-11-24(39-28(29)30)25(13-19)37-15-18-8-9-18/h5-7,10-11,13,18,20,23,28H,4,8-9,12,14-16H2,1-3H3/t20?,23-/m0/s1. The number of pyridine rings is 1. The van der Waals surface area contributed by atoms with Crippen LogP contribution in [0.3, 0.4) is 0 Å². The molecule has 2 atom stereocenters. The van der Waals surface area contributed by atoms with E-state index in [4.69, 9.17) is 9.47 Å². The minimum atomic E-state index is -2.99. The quantitative estimate of drug-likeness (QED) is 0.394. The van der Waals surface area contributed by atoms with Gasteiger partial charge in [0.2, 0.25) is 5.91 Å². The fraction of sp³-hybridized carbons (Fsp3) is 0.500. The van der Waals surface area contributed by atoms with Gasteiger partial charge in [0, 0.05) is 33.0 Å². The third kappa shape index (κ3) is 7.21. The van der Waals surface area contributed by atoms with Crippen molar-refractivity contribution in [3.63, 3.8) is 0 Å². The largest absolute Gasteiger partial charge is 0.489 e. The predicted molar refractivity (Wildman–Crippen MR) is 136 cm³/mol. The minimum absolute atomic E-state index is 0.0508. The van der Waals surface area contributed by atoms with Gasteiger partial charge in [0.1, 0.15) is 18.3 Å². The molecule has 1 aliphatic carbocycles. The number of ether oxygens (including phenoxy) is 3. The molecule has 2 fully saturated rings. The molecule has 1 saturated heterocycles. The fourth-order valence-electron chi connectivity index (χ4n) is 4.49. The highest BCUT2D eigenvalue weighted by Gasteiger charge is 2.40. The van der Waals surface area contributed by atoms with Crippen molar-refractivity contribution >= 4 is 17.8 Å². The maximum absolute atomic E-state index is 13.1. The summed E-state index contributed by atoms with van der Waals surface area (Å²) in [5.41, 5.74) is 1.41. The highest BCUT2D eigenvalue weighted by Crippen LogP contribution is 2.39. The van der Waals surface area contributed by atoms with Crippen molar-refractivity contribution in [1.29, 1.82) is 0 Å². The van der Waals surface area contributed by atoms with Crippen LogP contribution in [0.2, 0.25) is 0 Å². The number of nitrogens with zero attached hydrogens (tertiary/aromatic N) is 3. The predicted octanol–water partition coefficient (Wildman–Crippen LogP) is 4.01. The first-order valence-electron chi connectivity index (χ1n) is 13.0. The second kappa shape index (κ2) is 12.4. The first-order valence-corrected chi connectivity index (χ1v) is 13.0. The van der Waals surface area contributed by atoms with Crippen molar-refractivity contribution in [2.45, 2.75) is 58.3 Å². The number of esters is 1. The molecule has 0 bridgehead atoms. The van der Waals surface area contributed by atoms with Gasteiger partial charge in [-0.25, -0.2) is 9.78 Å². The molecule has 0 radical (unpaired) electrons. The summed E-state index contributed by atoms with van der Waals surface area (Å²) >= 11 is 0. The van der Waals surface area contributed by atoms with Crippen LogP contribution in [-0.2, 0) is 20.9 Å². The van der Waals surface area contributed by atoms with Gasteiger partial charge < -0.3 is 24.0 Å². The van der Waals surface area contributed by atoms with Crippen LogP contribution < -0.4 is 9.47 Å². The summed E-state index contributed by atoms with van der Waals surface area (Å²) in [5.74, 6) is -0.765. The average Bonchev–Trinajstić information content (AvgIpc) is 3.64. The van der Waals surface area contributed by atoms with Crippen LogP contribution in [-0.4, -0.2) is 72.0 Å². The van der Waals surface area contributed by atoms with Crippen LogP contribution in [0.1, 0.15) is 60.8 Å². The Morgan fingerprint density at radius 1 is 1.15 bits per heavy atom. The molecule has 1 saturated carbocycles. The van der Waals surface area contributed by atoms with E-state index in [2.05, 4.69) is 9.72 Å². The molecule has 1 aliphatic heterocycles. The van der Waals surface area contributed by atoms with Crippen LogP contribution in [0.5, 0.6) is 11.5 Å². The molecule has 0 spiro atoms. The third-order valence-electron chi connectivity index (χ3n) is 7.01. The zero-order valence-corrected chi connectivity index (χ0v) is 22.3. The van der Waals surface area contributed by atoms with E-state index in [-0.39, 0.29) is 48.1 Å². The summed E-state index contributed by atoms with van der Waals surface area (Å²) in [6, 6.07) is 8.83. The average molecular weight is 546 g/mol. The smallest absolute Gasteiger partial charge is 0.387 e. The van der Waals surface area contributed by atoms with Gasteiger partial charge in [-0.1, -0.05) is 12.1 Å². The Morgan fingerprint density at radius 3 is 2.59 bits per heavy atom. The molecule has 9 nitrogen and oxygen atoms in total. The Hall–Kier alpha value is -3.76. The fourth-order valence-corrected chi connectivity index (χ4v) is 4.49. The van der Waals surface area contributed by atoms with E-state index >= 15 is 0 Å². The van der Waals surface area contributed by atoms with E-state index in [1.165, 1.54) is 22.8 Å². The van der Waals surface area contributed by atoms with Gasteiger partial charge in [-0.2, -0.15) is 8.78 Å². The summed E-state index contributed by atoms with van der Waals surface area (Å²) in [6.45, 7) is 1.30. The van der Waals surface area contributed by atoms with Crippen LogP contribution >= 0.6 is 0 Å². The molecule has 39 heavy (non-hydrogen) atoms. The van der Waals surface area contributed by atoms with Gasteiger partial charge in [-0.15, -0.1) is 0 Å². The van der Waals surface area contributed by atoms with Crippen molar-refractivity contribution in [1.82, 2.24) is 14.8 Å². The Kier molecular flexibility index (Phi) is 8.98. The molecular weight excluding hydrogens is 512 g/mol. The normalized spacial score (nSPS) is 18.7. The molecule has 1 aromatic carbocycles. The number of rotatable bonds is 11. The number of alkyl halides is 2. The van der Waals surface area contributed by atoms with Gasteiger partial charge in [-0.05, 0) is 61.9 Å². The molecule has 11 heteroatoms. The molecule has 0 N–H and O–H groups in total. The number of likely N-dealkylation sites (tertiary alicyclic amines) is 1. The van der Waals surface area contributed by atoms with E-state index in [9.17, 15) is 23.2 Å². The van der Waals surface area contributed by atoms with Crippen molar-refractivity contribution in [2.75, 3.05) is 26.7 Å². The summed E-state index contributed by atoms with van der Waals surface area (Å²) < 4.78 is 41.7. The molecule has 1 unspecified atom stereocenters. The van der Waals surface area contributed by atoms with Crippen molar-refractivity contribution in [2.24, 2.45) is 5.92 Å². The van der Waals surface area contributed by atoms with Crippen LogP contribution in [0.4, 0.5) is 8.78 Å². The van der Waals surface area contributed by atoms with Crippen molar-refractivity contribution < 1.29 is 37.4 Å². The Labute approximate surface area is 226 Å². The number of benzene rings is 1. The molecule has 1 aromatic heterocycles. The molecule has 2 amide bonds. The van der Waals surface area contributed by atoms with E-state index in [0.29, 0.717) is 31.2 Å². The lowest BCUT2D eigenvalue weighted by Crippen LogP contribution is -2.40. The van der Waals surface area contributed by atoms with Crippen LogP contribution in [0.15, 0.2) is 36.4 Å². The lowest BCUT2D eigenvalue weighted by molar-refractivity contribution is -0.154. The second-order valence-corrected chi connectivity index (χ2v) is 9.90. The molecule has 4 rings (SSSR count). The van der Waals surface area contributed by atoms with Gasteiger partial charge >= 0.3 is 12.6 Å². The van der Waals surface area contributed by atoms with E-state index in [1.54, 1.807) is 37.4 Å². The topological polar surface area (TPSA) is 98.3 Å². The maximum atomic E-state index is 13.1. The zero-order valence-electron chi connectivity index (χ0n) is 22.3. The van der Waals surface area contributed by atoms with Gasteiger partial charge in [0.15, 0.2) is 11.5 Å². The lowest BCUT2D eigenvalue weighted by atomic mass is 9.96.